The van der Waals surface area contributed by atoms with Gasteiger partial charge in [-0.2, -0.15) is 0 Å². The lowest BCUT2D eigenvalue weighted by molar-refractivity contribution is -0.145. The van der Waals surface area contributed by atoms with Gasteiger partial charge in [0.15, 0.2) is 6.10 Å². The van der Waals surface area contributed by atoms with E-state index in [1.807, 2.05) is 31.2 Å². The van der Waals surface area contributed by atoms with Gasteiger partial charge in [0.05, 0.1) is 13.7 Å². The molecule has 2 aromatic carbocycles. The van der Waals surface area contributed by atoms with Crippen LogP contribution in [-0.2, 0) is 11.2 Å². The number of aliphatic carboxylic acids is 1. The molecule has 2 rings (SSSR count). The quantitative estimate of drug-likeness (QED) is 0.810. The molecule has 0 aliphatic heterocycles. The summed E-state index contributed by atoms with van der Waals surface area (Å²) in [5.74, 6) is 0.939. The Morgan fingerprint density at radius 2 is 1.57 bits per heavy atom. The van der Waals surface area contributed by atoms with E-state index in [1.54, 1.807) is 31.4 Å². The summed E-state index contributed by atoms with van der Waals surface area (Å²) in [6.45, 7) is 2.51. The SMILES string of the molecule is CCOc1ccc(C[C@H](Oc2ccc(OC)cc2)C(=O)O)cc1. The Kier molecular flexibility index (Phi) is 5.86. The zero-order valence-electron chi connectivity index (χ0n) is 13.2. The van der Waals surface area contributed by atoms with Crippen LogP contribution >= 0.6 is 0 Å². The van der Waals surface area contributed by atoms with E-state index in [0.717, 1.165) is 11.3 Å². The van der Waals surface area contributed by atoms with Crippen molar-refractivity contribution in [2.24, 2.45) is 0 Å². The molecule has 1 N–H and O–H groups in total. The minimum absolute atomic E-state index is 0.272. The first-order valence-corrected chi connectivity index (χ1v) is 7.37. The Morgan fingerprint density at radius 1 is 1.00 bits per heavy atom. The van der Waals surface area contributed by atoms with Gasteiger partial charge in [-0.25, -0.2) is 4.79 Å². The van der Waals surface area contributed by atoms with E-state index < -0.39 is 12.1 Å². The molecule has 0 bridgehead atoms. The minimum atomic E-state index is -1.00. The second-order valence-electron chi connectivity index (χ2n) is 4.90. The Bertz CT molecular complexity index is 619. The van der Waals surface area contributed by atoms with E-state index in [0.29, 0.717) is 18.1 Å². The average molecular weight is 316 g/mol. The van der Waals surface area contributed by atoms with E-state index in [2.05, 4.69) is 0 Å². The largest absolute Gasteiger partial charge is 0.497 e. The number of carboxylic acids is 1. The molecule has 0 fully saturated rings. The summed E-state index contributed by atoms with van der Waals surface area (Å²) < 4.78 is 16.0. The molecular weight excluding hydrogens is 296 g/mol. The fourth-order valence-electron chi connectivity index (χ4n) is 2.10. The monoisotopic (exact) mass is 316 g/mol. The van der Waals surface area contributed by atoms with Gasteiger partial charge in [-0.15, -0.1) is 0 Å². The van der Waals surface area contributed by atoms with Gasteiger partial charge in [-0.1, -0.05) is 12.1 Å². The van der Waals surface area contributed by atoms with Crippen LogP contribution in [0.2, 0.25) is 0 Å². The molecule has 1 atom stereocenters. The number of methoxy groups -OCH3 is 1. The molecule has 0 radical (unpaired) electrons. The predicted octanol–water partition coefficient (Wildman–Crippen LogP) is 3.17. The smallest absolute Gasteiger partial charge is 0.345 e. The van der Waals surface area contributed by atoms with Crippen molar-refractivity contribution in [3.05, 3.63) is 54.1 Å². The first-order chi connectivity index (χ1) is 11.1. The Hall–Kier alpha value is -2.69. The van der Waals surface area contributed by atoms with E-state index >= 15 is 0 Å². The van der Waals surface area contributed by atoms with Crippen LogP contribution in [-0.4, -0.2) is 30.9 Å². The molecule has 122 valence electrons. The van der Waals surface area contributed by atoms with Crippen LogP contribution in [0.4, 0.5) is 0 Å². The van der Waals surface area contributed by atoms with Crippen LogP contribution < -0.4 is 14.2 Å². The van der Waals surface area contributed by atoms with Crippen molar-refractivity contribution >= 4 is 5.97 Å². The summed E-state index contributed by atoms with van der Waals surface area (Å²) >= 11 is 0. The number of hydrogen-bond acceptors (Lipinski definition) is 4. The fraction of sp³-hybridized carbons (Fsp3) is 0.278. The molecule has 0 amide bonds. The Labute approximate surface area is 135 Å². The zero-order valence-corrected chi connectivity index (χ0v) is 13.2. The van der Waals surface area contributed by atoms with E-state index in [4.69, 9.17) is 14.2 Å². The Balaban J connectivity index is 2.04. The maximum Gasteiger partial charge on any atom is 0.345 e. The van der Waals surface area contributed by atoms with Crippen molar-refractivity contribution in [1.29, 1.82) is 0 Å². The van der Waals surface area contributed by atoms with Crippen LogP contribution in [0.25, 0.3) is 0 Å². The highest BCUT2D eigenvalue weighted by atomic mass is 16.5. The van der Waals surface area contributed by atoms with Crippen molar-refractivity contribution in [2.45, 2.75) is 19.4 Å². The third-order valence-corrected chi connectivity index (χ3v) is 3.27. The highest BCUT2D eigenvalue weighted by Gasteiger charge is 2.20. The second kappa shape index (κ2) is 8.08. The van der Waals surface area contributed by atoms with Gasteiger partial charge >= 0.3 is 5.97 Å². The number of carbonyl (C=O) groups is 1. The van der Waals surface area contributed by atoms with Crippen LogP contribution in [0.5, 0.6) is 17.2 Å². The van der Waals surface area contributed by atoms with Crippen LogP contribution in [0.3, 0.4) is 0 Å². The van der Waals surface area contributed by atoms with Gasteiger partial charge in [-0.3, -0.25) is 0 Å². The van der Waals surface area contributed by atoms with Gasteiger partial charge in [-0.05, 0) is 48.9 Å². The van der Waals surface area contributed by atoms with E-state index in [9.17, 15) is 9.90 Å². The van der Waals surface area contributed by atoms with Crippen molar-refractivity contribution in [1.82, 2.24) is 0 Å². The number of carboxylic acid groups (broad SMARTS) is 1. The zero-order chi connectivity index (χ0) is 16.7. The van der Waals surface area contributed by atoms with E-state index in [1.165, 1.54) is 0 Å². The topological polar surface area (TPSA) is 65.0 Å². The minimum Gasteiger partial charge on any atom is -0.497 e. The molecule has 23 heavy (non-hydrogen) atoms. The number of rotatable bonds is 8. The third kappa shape index (κ3) is 4.92. The number of benzene rings is 2. The van der Waals surface area contributed by atoms with Gasteiger partial charge < -0.3 is 19.3 Å². The lowest BCUT2D eigenvalue weighted by Crippen LogP contribution is -2.29. The molecule has 5 nitrogen and oxygen atoms in total. The summed E-state index contributed by atoms with van der Waals surface area (Å²) in [5.41, 5.74) is 0.870. The van der Waals surface area contributed by atoms with Gasteiger partial charge in [0.25, 0.3) is 0 Å². The third-order valence-electron chi connectivity index (χ3n) is 3.27. The maximum absolute atomic E-state index is 11.4. The molecule has 2 aromatic rings. The lowest BCUT2D eigenvalue weighted by Gasteiger charge is -2.16. The van der Waals surface area contributed by atoms with E-state index in [-0.39, 0.29) is 6.42 Å². The Morgan fingerprint density at radius 3 is 2.09 bits per heavy atom. The van der Waals surface area contributed by atoms with Gasteiger partial charge in [0.1, 0.15) is 17.2 Å². The highest BCUT2D eigenvalue weighted by Crippen LogP contribution is 2.20. The first-order valence-electron chi connectivity index (χ1n) is 7.37. The summed E-state index contributed by atoms with van der Waals surface area (Å²) in [6.07, 6.45) is -0.685. The molecule has 0 spiro atoms. The summed E-state index contributed by atoms with van der Waals surface area (Å²) in [7, 11) is 1.57. The second-order valence-corrected chi connectivity index (χ2v) is 4.90. The summed E-state index contributed by atoms with van der Waals surface area (Å²) in [6, 6.07) is 14.2. The standard InChI is InChI=1S/C18H20O5/c1-3-22-15-6-4-13(5-7-15)12-17(18(19)20)23-16-10-8-14(21-2)9-11-16/h4-11,17H,3,12H2,1-2H3,(H,19,20)/t17-/m0/s1. The van der Waals surface area contributed by atoms with Crippen LogP contribution in [0.15, 0.2) is 48.5 Å². The maximum atomic E-state index is 11.4. The van der Waals surface area contributed by atoms with Crippen molar-refractivity contribution in [2.75, 3.05) is 13.7 Å². The molecule has 0 saturated heterocycles. The molecule has 0 unspecified atom stereocenters. The van der Waals surface area contributed by atoms with Gasteiger partial charge in [0, 0.05) is 6.42 Å². The fourth-order valence-corrected chi connectivity index (χ4v) is 2.10. The molecule has 5 heteroatoms. The van der Waals surface area contributed by atoms with Crippen molar-refractivity contribution in [3.63, 3.8) is 0 Å². The highest BCUT2D eigenvalue weighted by molar-refractivity contribution is 5.73. The lowest BCUT2D eigenvalue weighted by atomic mass is 10.1. The summed E-state index contributed by atoms with van der Waals surface area (Å²) in [5, 5.41) is 9.36. The molecule has 0 aromatic heterocycles. The predicted molar refractivity (Wildman–Crippen MR) is 86.4 cm³/mol. The van der Waals surface area contributed by atoms with Crippen molar-refractivity contribution in [3.8, 4) is 17.2 Å². The molecule has 0 heterocycles. The number of hydrogen-bond donors (Lipinski definition) is 1. The first kappa shape index (κ1) is 16.7. The number of ether oxygens (including phenoxy) is 3. The normalized spacial score (nSPS) is 11.6. The molecular formula is C18H20O5. The summed E-state index contributed by atoms with van der Waals surface area (Å²) in [4.78, 5) is 11.4. The molecule has 0 saturated carbocycles. The van der Waals surface area contributed by atoms with Crippen molar-refractivity contribution < 1.29 is 24.1 Å². The molecule has 0 aliphatic carbocycles. The molecule has 0 aliphatic rings. The average Bonchev–Trinajstić information content (AvgIpc) is 2.57. The van der Waals surface area contributed by atoms with Gasteiger partial charge in [0.2, 0.25) is 0 Å². The van der Waals surface area contributed by atoms with Crippen LogP contribution in [0, 0.1) is 0 Å². The van der Waals surface area contributed by atoms with Crippen LogP contribution in [0.1, 0.15) is 12.5 Å².